The monoisotopic (exact) mass is 417 g/mol. The number of rotatable bonds is 6. The van der Waals surface area contributed by atoms with E-state index in [4.69, 9.17) is 17.3 Å². The van der Waals surface area contributed by atoms with Crippen LogP contribution in [0, 0.1) is 0 Å². The normalized spacial score (nSPS) is 12.0. The second kappa shape index (κ2) is 8.75. The summed E-state index contributed by atoms with van der Waals surface area (Å²) < 4.78 is 1.94. The van der Waals surface area contributed by atoms with Crippen LogP contribution >= 0.6 is 11.6 Å². The number of imidazole rings is 1. The van der Waals surface area contributed by atoms with Gasteiger partial charge in [0.15, 0.2) is 0 Å². The highest BCUT2D eigenvalue weighted by Crippen LogP contribution is 2.22. The van der Waals surface area contributed by atoms with Crippen molar-refractivity contribution in [3.8, 4) is 11.4 Å². The molecule has 150 valence electrons. The highest BCUT2D eigenvalue weighted by Gasteiger charge is 2.09. The molecule has 0 atom stereocenters. The predicted molar refractivity (Wildman–Crippen MR) is 122 cm³/mol. The summed E-state index contributed by atoms with van der Waals surface area (Å²) >= 11 is 6.04. The molecular weight excluding hydrogens is 398 g/mol. The average molecular weight is 418 g/mol. The van der Waals surface area contributed by atoms with Crippen LogP contribution in [0.3, 0.4) is 0 Å². The summed E-state index contributed by atoms with van der Waals surface area (Å²) in [5.74, 6) is 0.730. The Hall–Kier alpha value is -3.71. The van der Waals surface area contributed by atoms with Crippen molar-refractivity contribution in [2.45, 2.75) is 6.54 Å². The van der Waals surface area contributed by atoms with E-state index in [0.29, 0.717) is 11.6 Å². The Morgan fingerprint density at radius 3 is 2.77 bits per heavy atom. The number of nitrogens with one attached hydrogen (secondary N) is 1. The van der Waals surface area contributed by atoms with Gasteiger partial charge in [-0.3, -0.25) is 9.39 Å². The molecular formula is C22H20ClN7. The Morgan fingerprint density at radius 1 is 1.17 bits per heavy atom. The number of fused-ring (bicyclic) bond motifs is 1. The van der Waals surface area contributed by atoms with Crippen LogP contribution in [0.15, 0.2) is 72.4 Å². The van der Waals surface area contributed by atoms with Crippen LogP contribution in [0.25, 0.3) is 22.6 Å². The third kappa shape index (κ3) is 4.16. The molecule has 3 heterocycles. The number of hydrogen-bond acceptors (Lipinski definition) is 6. The Labute approximate surface area is 179 Å². The minimum absolute atomic E-state index is 0.628. The molecule has 8 heteroatoms. The molecule has 7 nitrogen and oxygen atoms in total. The third-order valence-electron chi connectivity index (χ3n) is 4.61. The molecule has 30 heavy (non-hydrogen) atoms. The van der Waals surface area contributed by atoms with Crippen LogP contribution < -0.4 is 11.1 Å². The Balaban J connectivity index is 1.50. The molecule has 0 aliphatic rings. The minimum Gasteiger partial charge on any atom is -0.404 e. The van der Waals surface area contributed by atoms with Gasteiger partial charge in [-0.25, -0.2) is 15.0 Å². The lowest BCUT2D eigenvalue weighted by Crippen LogP contribution is -2.03. The maximum absolute atomic E-state index is 6.04. The summed E-state index contributed by atoms with van der Waals surface area (Å²) in [6.45, 7) is 0.628. The van der Waals surface area contributed by atoms with Crippen LogP contribution in [-0.2, 0) is 6.54 Å². The molecule has 3 N–H and O–H groups in total. The second-order valence-electron chi connectivity index (χ2n) is 6.56. The highest BCUT2D eigenvalue weighted by molar-refractivity contribution is 6.30. The molecule has 4 aromatic rings. The quantitative estimate of drug-likeness (QED) is 0.461. The SMILES string of the molecule is CN=C/C(=C\N)c1ccc(CNc2cc(-c3cnc4cc(Cl)ccn34)ncn2)cc1. The standard InChI is InChI=1S/C22H20ClN7/c1-25-12-17(10-24)16-4-2-15(3-5-16)11-26-21-9-19(28-14-29-21)20-13-27-22-8-18(23)6-7-30(20)22/h2-10,12-14H,11,24H2,1H3,(H,26,28,29)/b17-10+,25-12?. The van der Waals surface area contributed by atoms with Gasteiger partial charge in [0, 0.05) is 54.9 Å². The molecule has 1 aromatic carbocycles. The lowest BCUT2D eigenvalue weighted by molar-refractivity contribution is 1.07. The van der Waals surface area contributed by atoms with E-state index in [2.05, 4.69) is 25.3 Å². The van der Waals surface area contributed by atoms with Crippen LogP contribution in [0.4, 0.5) is 5.82 Å². The minimum atomic E-state index is 0.628. The molecule has 0 aliphatic carbocycles. The van der Waals surface area contributed by atoms with E-state index in [1.807, 2.05) is 53.1 Å². The maximum atomic E-state index is 6.04. The van der Waals surface area contributed by atoms with Crippen molar-refractivity contribution >= 4 is 34.9 Å². The van der Waals surface area contributed by atoms with Crippen LogP contribution in [-0.4, -0.2) is 32.6 Å². The third-order valence-corrected chi connectivity index (χ3v) is 4.85. The Bertz CT molecular complexity index is 1230. The summed E-state index contributed by atoms with van der Waals surface area (Å²) in [6.07, 6.45) is 8.49. The maximum Gasteiger partial charge on any atom is 0.138 e. The molecule has 0 aliphatic heterocycles. The zero-order chi connectivity index (χ0) is 20.9. The van der Waals surface area contributed by atoms with Crippen molar-refractivity contribution in [3.63, 3.8) is 0 Å². The summed E-state index contributed by atoms with van der Waals surface area (Å²) in [5.41, 5.74) is 11.1. The molecule has 3 aromatic heterocycles. The highest BCUT2D eigenvalue weighted by atomic mass is 35.5. The fraction of sp³-hybridized carbons (Fsp3) is 0.0909. The average Bonchev–Trinajstić information content (AvgIpc) is 3.20. The van der Waals surface area contributed by atoms with Gasteiger partial charge in [0.25, 0.3) is 0 Å². The van der Waals surface area contributed by atoms with E-state index in [1.165, 1.54) is 0 Å². The van der Waals surface area contributed by atoms with Crippen LogP contribution in [0.5, 0.6) is 0 Å². The molecule has 0 spiro atoms. The molecule has 0 saturated heterocycles. The van der Waals surface area contributed by atoms with Crippen LogP contribution in [0.2, 0.25) is 5.02 Å². The van der Waals surface area contributed by atoms with E-state index in [9.17, 15) is 0 Å². The first-order chi connectivity index (χ1) is 14.7. The van der Waals surface area contributed by atoms with Gasteiger partial charge in [0.05, 0.1) is 17.6 Å². The number of benzene rings is 1. The van der Waals surface area contributed by atoms with Gasteiger partial charge in [-0.2, -0.15) is 0 Å². The number of aromatic nitrogens is 4. The van der Waals surface area contributed by atoms with Crippen LogP contribution in [0.1, 0.15) is 11.1 Å². The molecule has 0 radical (unpaired) electrons. The number of pyridine rings is 1. The van der Waals surface area contributed by atoms with Gasteiger partial charge in [-0.05, 0) is 17.2 Å². The van der Waals surface area contributed by atoms with E-state index in [0.717, 1.165) is 39.6 Å². The molecule has 0 bridgehead atoms. The molecule has 0 fully saturated rings. The summed E-state index contributed by atoms with van der Waals surface area (Å²) in [5, 5.41) is 3.99. The van der Waals surface area contributed by atoms with Gasteiger partial charge in [0.1, 0.15) is 17.8 Å². The smallest absolute Gasteiger partial charge is 0.138 e. The fourth-order valence-electron chi connectivity index (χ4n) is 3.10. The number of allylic oxidation sites excluding steroid dienone is 1. The van der Waals surface area contributed by atoms with Gasteiger partial charge in [0.2, 0.25) is 0 Å². The summed E-state index contributed by atoms with van der Waals surface area (Å²) in [4.78, 5) is 17.1. The van der Waals surface area contributed by atoms with Crippen molar-refractivity contribution in [1.29, 1.82) is 0 Å². The molecule has 4 rings (SSSR count). The predicted octanol–water partition coefficient (Wildman–Crippen LogP) is 4.06. The van der Waals surface area contributed by atoms with Crippen molar-refractivity contribution in [2.24, 2.45) is 10.7 Å². The zero-order valence-corrected chi connectivity index (χ0v) is 17.1. The van der Waals surface area contributed by atoms with Gasteiger partial charge in [-0.1, -0.05) is 35.9 Å². The van der Waals surface area contributed by atoms with Gasteiger partial charge < -0.3 is 11.1 Å². The van der Waals surface area contributed by atoms with Gasteiger partial charge in [-0.15, -0.1) is 0 Å². The van der Waals surface area contributed by atoms with E-state index in [1.54, 1.807) is 32.0 Å². The number of anilines is 1. The summed E-state index contributed by atoms with van der Waals surface area (Å²) in [7, 11) is 1.72. The van der Waals surface area contributed by atoms with E-state index < -0.39 is 0 Å². The number of hydrogen-bond donors (Lipinski definition) is 2. The van der Waals surface area contributed by atoms with Gasteiger partial charge >= 0.3 is 0 Å². The Morgan fingerprint density at radius 2 is 2.00 bits per heavy atom. The Kier molecular flexibility index (Phi) is 5.72. The number of halogens is 1. The topological polar surface area (TPSA) is 93.5 Å². The van der Waals surface area contributed by atoms with Crippen molar-refractivity contribution in [2.75, 3.05) is 12.4 Å². The lowest BCUT2D eigenvalue weighted by atomic mass is 10.1. The summed E-state index contributed by atoms with van der Waals surface area (Å²) in [6, 6.07) is 13.7. The fourth-order valence-corrected chi connectivity index (χ4v) is 3.25. The first-order valence-corrected chi connectivity index (χ1v) is 9.68. The van der Waals surface area contributed by atoms with E-state index >= 15 is 0 Å². The van der Waals surface area contributed by atoms with Crippen molar-refractivity contribution in [3.05, 3.63) is 83.5 Å². The van der Waals surface area contributed by atoms with Crippen molar-refractivity contribution < 1.29 is 0 Å². The number of nitrogens with two attached hydrogens (primary N) is 1. The largest absolute Gasteiger partial charge is 0.404 e. The van der Waals surface area contributed by atoms with Crippen molar-refractivity contribution in [1.82, 2.24) is 19.4 Å². The molecule has 0 saturated carbocycles. The number of nitrogens with zero attached hydrogens (tertiary/aromatic N) is 5. The second-order valence-corrected chi connectivity index (χ2v) is 7.00. The molecule has 0 unspecified atom stereocenters. The lowest BCUT2D eigenvalue weighted by Gasteiger charge is -2.08. The first-order valence-electron chi connectivity index (χ1n) is 9.30. The molecule has 0 amide bonds. The first kappa shape index (κ1) is 19.6. The van der Waals surface area contributed by atoms with E-state index in [-0.39, 0.29) is 0 Å². The zero-order valence-electron chi connectivity index (χ0n) is 16.3. The number of aliphatic imine (C=N–C) groups is 1.